The maximum absolute atomic E-state index is 12.6. The van der Waals surface area contributed by atoms with Crippen molar-refractivity contribution in [3.63, 3.8) is 0 Å². The van der Waals surface area contributed by atoms with Crippen molar-refractivity contribution in [2.75, 3.05) is 33.0 Å². The highest BCUT2D eigenvalue weighted by molar-refractivity contribution is 7.89. The smallest absolute Gasteiger partial charge is 0.260 e. The van der Waals surface area contributed by atoms with Crippen LogP contribution in [0.4, 0.5) is 5.82 Å². The number of aromatic nitrogens is 2. The molecule has 0 aromatic carbocycles. The minimum absolute atomic E-state index is 0.131. The number of pyridine rings is 1. The van der Waals surface area contributed by atoms with E-state index < -0.39 is 10.0 Å². The first-order valence-corrected chi connectivity index (χ1v) is 8.15. The number of fused-ring (bicyclic) bond motifs is 1. The summed E-state index contributed by atoms with van der Waals surface area (Å²) in [7, 11) is 1.79. The van der Waals surface area contributed by atoms with Crippen LogP contribution in [-0.4, -0.2) is 56.4 Å². The lowest BCUT2D eigenvalue weighted by Crippen LogP contribution is -2.40. The summed E-state index contributed by atoms with van der Waals surface area (Å²) >= 11 is 0. The van der Waals surface area contributed by atoms with Gasteiger partial charge in [0, 0.05) is 25.8 Å². The lowest BCUT2D eigenvalue weighted by Gasteiger charge is -2.18. The second kappa shape index (κ2) is 6.00. The fourth-order valence-electron chi connectivity index (χ4n) is 2.30. The Labute approximate surface area is 125 Å². The lowest BCUT2D eigenvalue weighted by molar-refractivity contribution is 0.370. The molecule has 8 heteroatoms. The molecule has 1 unspecified atom stereocenters. The van der Waals surface area contributed by atoms with E-state index in [0.29, 0.717) is 18.0 Å². The van der Waals surface area contributed by atoms with E-state index in [1.54, 1.807) is 29.8 Å². The standard InChI is InChI=1S/C13H21N5O2S/c1-10(9-17(3)4)16-21(19,20)13-12(14-2)15-11-7-5-6-8-18(11)13/h5-8,10,14,16H,9H2,1-4H3. The fraction of sp³-hybridized carbons (Fsp3) is 0.462. The Kier molecular flexibility index (Phi) is 4.50. The van der Waals surface area contributed by atoms with Crippen molar-refractivity contribution in [1.82, 2.24) is 19.0 Å². The Hall–Kier alpha value is -1.64. The molecule has 0 spiro atoms. The van der Waals surface area contributed by atoms with Crippen LogP contribution in [0.5, 0.6) is 0 Å². The number of likely N-dealkylation sites (N-methyl/N-ethyl adjacent to an activating group) is 1. The van der Waals surface area contributed by atoms with Crippen molar-refractivity contribution in [2.45, 2.75) is 18.0 Å². The predicted molar refractivity (Wildman–Crippen MR) is 83.1 cm³/mol. The van der Waals surface area contributed by atoms with E-state index >= 15 is 0 Å². The molecule has 0 aliphatic heterocycles. The molecule has 2 N–H and O–H groups in total. The molecule has 1 atom stereocenters. The Morgan fingerprint density at radius 1 is 1.38 bits per heavy atom. The minimum Gasteiger partial charge on any atom is -0.371 e. The number of hydrogen-bond acceptors (Lipinski definition) is 5. The van der Waals surface area contributed by atoms with Crippen molar-refractivity contribution < 1.29 is 8.42 Å². The first-order valence-electron chi connectivity index (χ1n) is 6.67. The van der Waals surface area contributed by atoms with Crippen LogP contribution < -0.4 is 10.0 Å². The average Bonchev–Trinajstić information content (AvgIpc) is 2.75. The van der Waals surface area contributed by atoms with Crippen LogP contribution in [0, 0.1) is 0 Å². The van der Waals surface area contributed by atoms with Crippen molar-refractivity contribution in [3.05, 3.63) is 24.4 Å². The van der Waals surface area contributed by atoms with Gasteiger partial charge in [-0.3, -0.25) is 4.40 Å². The highest BCUT2D eigenvalue weighted by atomic mass is 32.2. The Bertz CT molecular complexity index is 723. The number of anilines is 1. The van der Waals surface area contributed by atoms with E-state index in [-0.39, 0.29) is 11.1 Å². The van der Waals surface area contributed by atoms with E-state index in [0.717, 1.165) is 0 Å². The maximum atomic E-state index is 12.6. The first-order chi connectivity index (χ1) is 9.85. The van der Waals surface area contributed by atoms with Crippen LogP contribution in [0.15, 0.2) is 29.4 Å². The number of sulfonamides is 1. The number of imidazole rings is 1. The van der Waals surface area contributed by atoms with E-state index in [2.05, 4.69) is 15.0 Å². The molecule has 0 aliphatic rings. The van der Waals surface area contributed by atoms with Gasteiger partial charge in [0.05, 0.1) is 0 Å². The highest BCUT2D eigenvalue weighted by Crippen LogP contribution is 2.22. The average molecular weight is 311 g/mol. The van der Waals surface area contributed by atoms with Gasteiger partial charge in [0.1, 0.15) is 5.65 Å². The van der Waals surface area contributed by atoms with Crippen molar-refractivity contribution >= 4 is 21.5 Å². The third kappa shape index (κ3) is 3.34. The molecule has 0 amide bonds. The molecule has 116 valence electrons. The van der Waals surface area contributed by atoms with E-state index in [9.17, 15) is 8.42 Å². The molecule has 2 rings (SSSR count). The van der Waals surface area contributed by atoms with Crippen LogP contribution >= 0.6 is 0 Å². The molecular formula is C13H21N5O2S. The van der Waals surface area contributed by atoms with E-state index in [1.165, 1.54) is 0 Å². The first kappa shape index (κ1) is 15.7. The second-order valence-corrected chi connectivity index (χ2v) is 6.86. The van der Waals surface area contributed by atoms with Crippen LogP contribution in [0.25, 0.3) is 5.65 Å². The summed E-state index contributed by atoms with van der Waals surface area (Å²) in [5.41, 5.74) is 0.586. The van der Waals surface area contributed by atoms with Gasteiger partial charge in [-0.1, -0.05) is 6.07 Å². The summed E-state index contributed by atoms with van der Waals surface area (Å²) < 4.78 is 29.5. The van der Waals surface area contributed by atoms with Crippen LogP contribution in [0.1, 0.15) is 6.92 Å². The zero-order valence-electron chi connectivity index (χ0n) is 12.7. The largest absolute Gasteiger partial charge is 0.371 e. The summed E-state index contributed by atoms with van der Waals surface area (Å²) in [6.07, 6.45) is 1.69. The number of nitrogens with one attached hydrogen (secondary N) is 2. The normalized spacial score (nSPS) is 13.8. The molecule has 21 heavy (non-hydrogen) atoms. The van der Waals surface area contributed by atoms with Gasteiger partial charge >= 0.3 is 0 Å². The quantitative estimate of drug-likeness (QED) is 0.817. The molecule has 7 nitrogen and oxygen atoms in total. The van der Waals surface area contributed by atoms with Gasteiger partial charge < -0.3 is 10.2 Å². The van der Waals surface area contributed by atoms with Crippen LogP contribution in [0.3, 0.4) is 0 Å². The molecule has 0 bridgehead atoms. The SMILES string of the molecule is CNc1nc2ccccn2c1S(=O)(=O)NC(C)CN(C)C. The Balaban J connectivity index is 2.44. The number of hydrogen-bond donors (Lipinski definition) is 2. The van der Waals surface area contributed by atoms with Crippen molar-refractivity contribution in [3.8, 4) is 0 Å². The van der Waals surface area contributed by atoms with Crippen LogP contribution in [0.2, 0.25) is 0 Å². The van der Waals surface area contributed by atoms with E-state index in [1.807, 2.05) is 32.0 Å². The zero-order valence-corrected chi connectivity index (χ0v) is 13.5. The summed E-state index contributed by atoms with van der Waals surface area (Å²) in [4.78, 5) is 6.22. The molecule has 0 saturated carbocycles. The zero-order chi connectivity index (χ0) is 15.6. The highest BCUT2D eigenvalue weighted by Gasteiger charge is 2.26. The summed E-state index contributed by atoms with van der Waals surface area (Å²) in [5, 5.41) is 2.97. The Morgan fingerprint density at radius 2 is 2.10 bits per heavy atom. The van der Waals surface area contributed by atoms with Gasteiger partial charge in [-0.05, 0) is 33.2 Å². The Morgan fingerprint density at radius 3 is 2.71 bits per heavy atom. The second-order valence-electron chi connectivity index (χ2n) is 5.23. The molecule has 0 aliphatic carbocycles. The summed E-state index contributed by atoms with van der Waals surface area (Å²) in [6.45, 7) is 2.45. The van der Waals surface area contributed by atoms with Crippen LogP contribution in [-0.2, 0) is 10.0 Å². The van der Waals surface area contributed by atoms with Gasteiger partial charge in [0.2, 0.25) is 0 Å². The lowest BCUT2D eigenvalue weighted by atomic mass is 10.3. The molecule has 2 aromatic rings. The van der Waals surface area contributed by atoms with Crippen molar-refractivity contribution in [2.24, 2.45) is 0 Å². The molecule has 0 radical (unpaired) electrons. The number of rotatable bonds is 6. The van der Waals surface area contributed by atoms with E-state index in [4.69, 9.17) is 0 Å². The third-order valence-corrected chi connectivity index (χ3v) is 4.58. The molecule has 2 heterocycles. The molecule has 2 aromatic heterocycles. The predicted octanol–water partition coefficient (Wildman–Crippen LogP) is 0.604. The van der Waals surface area contributed by atoms with Gasteiger partial charge in [-0.15, -0.1) is 0 Å². The van der Waals surface area contributed by atoms with Gasteiger partial charge in [-0.2, -0.15) is 0 Å². The minimum atomic E-state index is -3.67. The topological polar surface area (TPSA) is 78.7 Å². The van der Waals surface area contributed by atoms with Crippen molar-refractivity contribution in [1.29, 1.82) is 0 Å². The van der Waals surface area contributed by atoms with Gasteiger partial charge in [0.15, 0.2) is 10.8 Å². The molecule has 0 fully saturated rings. The summed E-state index contributed by atoms with van der Waals surface area (Å²) in [5.74, 6) is 0.339. The fourth-order valence-corrected chi connectivity index (χ4v) is 3.83. The van der Waals surface area contributed by atoms with Gasteiger partial charge in [-0.25, -0.2) is 18.1 Å². The monoisotopic (exact) mass is 311 g/mol. The third-order valence-electron chi connectivity index (χ3n) is 2.97. The summed E-state index contributed by atoms with van der Waals surface area (Å²) in [6, 6.07) is 5.16. The maximum Gasteiger partial charge on any atom is 0.260 e. The van der Waals surface area contributed by atoms with Gasteiger partial charge in [0.25, 0.3) is 10.0 Å². The molecule has 0 saturated heterocycles. The number of nitrogens with zero attached hydrogens (tertiary/aromatic N) is 3. The molecular weight excluding hydrogens is 290 g/mol.